The molecule has 0 saturated heterocycles. The van der Waals surface area contributed by atoms with Crippen LogP contribution in [-0.4, -0.2) is 87.8 Å². The molecule has 20 nitrogen and oxygen atoms in total. The first-order valence-corrected chi connectivity index (χ1v) is 39.4. The summed E-state index contributed by atoms with van der Waals surface area (Å²) >= 11 is 0. The number of nitrogens with one attached hydrogen (secondary N) is 4. The second kappa shape index (κ2) is 25.9. The van der Waals surface area contributed by atoms with Gasteiger partial charge in [0.2, 0.25) is 23.8 Å². The molecule has 4 unspecified atom stereocenters. The lowest BCUT2D eigenvalue weighted by Crippen LogP contribution is -2.45. The van der Waals surface area contributed by atoms with Gasteiger partial charge in [-0.05, 0) is 167 Å². The number of carbonyl (C=O) groups is 4. The van der Waals surface area contributed by atoms with Gasteiger partial charge in [0.05, 0.1) is 68.3 Å². The Bertz CT molecular complexity index is 5390. The molecule has 4 aliphatic heterocycles. The number of fused-ring (bicyclic) bond motifs is 12. The predicted octanol–water partition coefficient (Wildman–Crippen LogP) is 18.3. The number of hydrogen-bond acceptors (Lipinski definition) is 16. The van der Waals surface area contributed by atoms with Gasteiger partial charge < -0.3 is 40.2 Å². The van der Waals surface area contributed by atoms with Gasteiger partial charge in [0.1, 0.15) is 54.8 Å². The van der Waals surface area contributed by atoms with Crippen molar-refractivity contribution in [3.05, 3.63) is 261 Å². The quantitative estimate of drug-likeness (QED) is 0.0706. The Labute approximate surface area is 654 Å². The second-order valence-corrected chi connectivity index (χ2v) is 35.6. The van der Waals surface area contributed by atoms with E-state index in [1.54, 1.807) is 0 Å². The highest BCUT2D eigenvalue weighted by molar-refractivity contribution is 6.04. The number of allylic oxidation sites excluding steroid dienone is 8. The van der Waals surface area contributed by atoms with Crippen LogP contribution in [0.4, 0.5) is 23.8 Å². The van der Waals surface area contributed by atoms with E-state index >= 15 is 0 Å². The first-order valence-electron chi connectivity index (χ1n) is 39.4. The number of rotatable bonds is 16. The van der Waals surface area contributed by atoms with Crippen molar-refractivity contribution >= 4 is 91.1 Å². The van der Waals surface area contributed by atoms with Crippen LogP contribution in [0, 0.1) is 27.1 Å². The molecule has 12 aromatic rings. The molecule has 0 amide bonds. The lowest BCUT2D eigenvalue weighted by Gasteiger charge is -2.39. The molecule has 0 fully saturated rings. The third-order valence-corrected chi connectivity index (χ3v) is 24.2. The Morgan fingerprint density at radius 1 is 0.301 bits per heavy atom. The van der Waals surface area contributed by atoms with E-state index in [0.29, 0.717) is 98.2 Å². The van der Waals surface area contributed by atoms with Crippen molar-refractivity contribution < 1.29 is 38.1 Å². The third-order valence-electron chi connectivity index (χ3n) is 24.2. The van der Waals surface area contributed by atoms with Crippen LogP contribution in [0.5, 0.6) is 23.0 Å². The molecule has 20 rings (SSSR count). The van der Waals surface area contributed by atoms with E-state index in [1.807, 2.05) is 170 Å². The summed E-state index contributed by atoms with van der Waals surface area (Å²) in [6, 6.07) is 62.5. The number of anilines is 4. The fourth-order valence-electron chi connectivity index (χ4n) is 19.1. The molecule has 4 aromatic heterocycles. The maximum absolute atomic E-state index is 14.6. The van der Waals surface area contributed by atoms with E-state index in [-0.39, 0.29) is 71.2 Å². The number of aromatic nitrogens is 8. The molecule has 4 aliphatic carbocycles. The maximum atomic E-state index is 14.6. The van der Waals surface area contributed by atoms with Crippen LogP contribution in [0.15, 0.2) is 239 Å². The van der Waals surface area contributed by atoms with E-state index in [2.05, 4.69) is 119 Å². The smallest absolute Gasteiger partial charge is 0.209 e. The number of ether oxygens (including phenoxy) is 4. The Hall–Kier alpha value is -12.3. The largest absolute Gasteiger partial charge is 0.493 e. The molecule has 113 heavy (non-hydrogen) atoms. The van der Waals surface area contributed by atoms with Gasteiger partial charge in [0, 0.05) is 70.8 Å². The van der Waals surface area contributed by atoms with Gasteiger partial charge >= 0.3 is 0 Å². The molecule has 0 spiro atoms. The topological polar surface area (TPSA) is 225 Å². The van der Waals surface area contributed by atoms with Crippen molar-refractivity contribution in [1.82, 2.24) is 38.2 Å². The summed E-state index contributed by atoms with van der Waals surface area (Å²) < 4.78 is 37.2. The Balaban J connectivity index is 0.676. The van der Waals surface area contributed by atoms with E-state index in [1.165, 1.54) is 0 Å². The van der Waals surface area contributed by atoms with Crippen LogP contribution < -0.4 is 40.2 Å². The van der Waals surface area contributed by atoms with Crippen molar-refractivity contribution in [2.45, 2.75) is 131 Å². The van der Waals surface area contributed by atoms with Crippen LogP contribution in [0.3, 0.4) is 0 Å². The molecule has 8 aromatic carbocycles. The summed E-state index contributed by atoms with van der Waals surface area (Å²) in [5, 5.41) is 14.4. The average Bonchev–Trinajstić information content (AvgIpc) is 1.67. The molecule has 0 saturated carbocycles. The van der Waals surface area contributed by atoms with Crippen molar-refractivity contribution in [2.75, 3.05) is 47.7 Å². The highest BCUT2D eigenvalue weighted by Crippen LogP contribution is 2.53. The highest BCUT2D eigenvalue weighted by Gasteiger charge is 2.48. The van der Waals surface area contributed by atoms with Gasteiger partial charge in [-0.3, -0.25) is 37.4 Å². The maximum Gasteiger partial charge on any atom is 0.209 e. The lowest BCUT2D eigenvalue weighted by atomic mass is 9.73. The van der Waals surface area contributed by atoms with Gasteiger partial charge in [-0.15, -0.1) is 0 Å². The van der Waals surface area contributed by atoms with E-state index in [9.17, 15) is 19.2 Å². The monoisotopic (exact) mass is 1500 g/mol. The van der Waals surface area contributed by atoms with E-state index in [4.69, 9.17) is 38.9 Å². The summed E-state index contributed by atoms with van der Waals surface area (Å²) in [6.07, 6.45) is 4.47. The van der Waals surface area contributed by atoms with Gasteiger partial charge in [-0.25, -0.2) is 19.9 Å². The van der Waals surface area contributed by atoms with Crippen molar-refractivity contribution in [3.63, 3.8) is 0 Å². The predicted molar refractivity (Wildman–Crippen MR) is 436 cm³/mol. The zero-order chi connectivity index (χ0) is 77.2. The third kappa shape index (κ3) is 12.2. The summed E-state index contributed by atoms with van der Waals surface area (Å²) in [6.45, 7) is 17.2. The summed E-state index contributed by atoms with van der Waals surface area (Å²) in [4.78, 5) is 78.5. The molecule has 20 heteroatoms. The molecule has 8 heterocycles. The SMILES string of the molecule is CC1(C)CC(=O)C2=C(C1)Nc1nc3ccccc3n1C2c1ccc(OCC(COc2ccc(C3C4=C(CC(C)(C)CC4=O)Nc4nc5ccccc5n43)cc2)(COc2ccc(C3C4=C(CC(C)(C)CC4=O)Nc4nc5ccccc5n43)cc2)COc2ccc(C3C4=C(CC(C)(C)CC4=O)Nc4nc5ccccc5n43)cc2)cc1. The van der Waals surface area contributed by atoms with Crippen molar-refractivity contribution in [1.29, 1.82) is 0 Å². The van der Waals surface area contributed by atoms with Gasteiger partial charge in [-0.2, -0.15) is 0 Å². The summed E-state index contributed by atoms with van der Waals surface area (Å²) in [5.41, 5.74) is 15.1. The van der Waals surface area contributed by atoms with Gasteiger partial charge in [-0.1, -0.05) is 152 Å². The zero-order valence-electron chi connectivity index (χ0n) is 64.6. The Kier molecular flexibility index (Phi) is 16.0. The normalized spacial score (nSPS) is 21.5. The lowest BCUT2D eigenvalue weighted by molar-refractivity contribution is -0.119. The van der Waals surface area contributed by atoms with Crippen molar-refractivity contribution in [2.24, 2.45) is 27.1 Å². The summed E-state index contributed by atoms with van der Waals surface area (Å²) in [5.74, 6) is 5.46. The first-order chi connectivity index (χ1) is 54.4. The number of nitrogens with zero attached hydrogens (tertiary/aromatic N) is 8. The van der Waals surface area contributed by atoms with E-state index < -0.39 is 29.6 Å². The molecule has 8 aliphatic rings. The molecule has 568 valence electrons. The molecule has 0 bridgehead atoms. The van der Waals surface area contributed by atoms with Crippen LogP contribution >= 0.6 is 0 Å². The Morgan fingerprint density at radius 3 is 0.717 bits per heavy atom. The first kappa shape index (κ1) is 69.8. The fraction of sp³-hybridized carbons (Fsp3) is 0.312. The molecule has 4 N–H and O–H groups in total. The zero-order valence-corrected chi connectivity index (χ0v) is 64.6. The summed E-state index contributed by atoms with van der Waals surface area (Å²) in [7, 11) is 0. The molecule has 4 atom stereocenters. The molecule has 0 radical (unpaired) electrons. The van der Waals surface area contributed by atoms with Crippen LogP contribution in [0.1, 0.15) is 153 Å². The highest BCUT2D eigenvalue weighted by atomic mass is 16.5. The number of ketones is 4. The minimum atomic E-state index is -1.11. The molecular formula is C93H88N12O8. The number of para-hydroxylation sites is 8. The fourth-order valence-corrected chi connectivity index (χ4v) is 19.1. The Morgan fingerprint density at radius 2 is 0.504 bits per heavy atom. The van der Waals surface area contributed by atoms with Gasteiger partial charge in [0.25, 0.3) is 0 Å². The number of benzene rings is 8. The standard InChI is InChI=1S/C93H88N12O8/c1-89(2)41-65-77(73(106)45-89)81(102-69-21-13-9-17-61(69)94-85(102)98-65)53-25-33-57(34-26-53)110-49-93(50-111-58-35-27-54(28-36-58)82-78-66(42-90(3,4)46-74(78)107)99-86-95-62-18-10-14-22-70(62)103(82)86,51-112-59-37-29-55(30-38-59)83-79-67(43-91(5,6)47-75(79)108)100-87-96-63-19-11-15-23-71(63)104(83)87)52-113-60-39-31-56(32-40-60)84-80-68(44-92(7,8)48-76(80)109)101-88-97-64-20-12-16-24-72(64)105(84)88/h9-40,81-84H,41-52H2,1-8H3,(H,94,98)(H,95,99)(H,96,100)(H,97,101). The second-order valence-electron chi connectivity index (χ2n) is 35.6. The number of carbonyl (C=O) groups excluding carboxylic acids is 4. The molecular weight excluding hydrogens is 1410 g/mol. The minimum absolute atomic E-state index is 0.0238. The van der Waals surface area contributed by atoms with Gasteiger partial charge in [0.15, 0.2) is 23.1 Å². The average molecular weight is 1500 g/mol. The van der Waals surface area contributed by atoms with Crippen molar-refractivity contribution in [3.8, 4) is 23.0 Å². The van der Waals surface area contributed by atoms with Crippen LogP contribution in [0.25, 0.3) is 44.1 Å². The van der Waals surface area contributed by atoms with E-state index in [0.717, 1.165) is 111 Å². The van der Waals surface area contributed by atoms with Crippen LogP contribution in [0.2, 0.25) is 0 Å². The number of hydrogen-bond donors (Lipinski definition) is 4. The number of imidazole rings is 4. The minimum Gasteiger partial charge on any atom is -0.493 e. The number of Topliss-reactive ketones (excluding diaryl/α,β-unsaturated/α-hetero) is 4. The van der Waals surface area contributed by atoms with Crippen LogP contribution in [-0.2, 0) is 19.2 Å².